The van der Waals surface area contributed by atoms with Gasteiger partial charge in [-0.3, -0.25) is 4.68 Å². The van der Waals surface area contributed by atoms with Gasteiger partial charge < -0.3 is 25.8 Å². The van der Waals surface area contributed by atoms with Crippen LogP contribution in [0.2, 0.25) is 0 Å². The zero-order valence-corrected chi connectivity index (χ0v) is 16.8. The van der Waals surface area contributed by atoms with Gasteiger partial charge in [-0.2, -0.15) is 10.1 Å². The van der Waals surface area contributed by atoms with Gasteiger partial charge in [0.15, 0.2) is 17.4 Å². The first-order valence-corrected chi connectivity index (χ1v) is 9.31. The summed E-state index contributed by atoms with van der Waals surface area (Å²) in [6.45, 7) is 0. The molecule has 1 aliphatic heterocycles. The third kappa shape index (κ3) is 4.29. The van der Waals surface area contributed by atoms with Crippen molar-refractivity contribution < 1.29 is 14.6 Å². The van der Waals surface area contributed by atoms with Crippen molar-refractivity contribution in [3.8, 4) is 17.1 Å². The predicted molar refractivity (Wildman–Crippen MR) is 114 cm³/mol. The number of nitrogens with one attached hydrogen (secondary N) is 3. The number of methoxy groups -OCH3 is 1. The van der Waals surface area contributed by atoms with Crippen LogP contribution in [0.3, 0.4) is 0 Å². The zero-order valence-electron chi connectivity index (χ0n) is 16.8. The second-order valence-corrected chi connectivity index (χ2v) is 6.55. The Morgan fingerprint density at radius 3 is 2.84 bits per heavy atom. The lowest BCUT2D eigenvalue weighted by atomic mass is 10.1. The van der Waals surface area contributed by atoms with Gasteiger partial charge in [0.2, 0.25) is 5.95 Å². The fraction of sp³-hybridized carbons (Fsp3) is 0.150. The topological polar surface area (TPSA) is 139 Å². The van der Waals surface area contributed by atoms with Crippen molar-refractivity contribution in [3.63, 3.8) is 0 Å². The third-order valence-corrected chi connectivity index (χ3v) is 4.40. The van der Waals surface area contributed by atoms with Gasteiger partial charge in [0.25, 0.3) is 0 Å². The lowest BCUT2D eigenvalue weighted by molar-refractivity contribution is 0.0697. The lowest BCUT2D eigenvalue weighted by Crippen LogP contribution is -2.32. The van der Waals surface area contributed by atoms with E-state index in [1.54, 1.807) is 36.4 Å². The zero-order chi connectivity index (χ0) is 21.8. The molecule has 0 radical (unpaired) electrons. The van der Waals surface area contributed by atoms with E-state index in [4.69, 9.17) is 4.74 Å². The first-order chi connectivity index (χ1) is 15.0. The third-order valence-electron chi connectivity index (χ3n) is 4.40. The summed E-state index contributed by atoms with van der Waals surface area (Å²) >= 11 is 0. The summed E-state index contributed by atoms with van der Waals surface area (Å²) in [5.41, 5.74) is 1.08. The van der Waals surface area contributed by atoms with Crippen molar-refractivity contribution >= 4 is 23.4 Å². The van der Waals surface area contributed by atoms with E-state index in [-0.39, 0.29) is 23.5 Å². The number of carbonyl (C=O) groups is 1. The Kier molecular flexibility index (Phi) is 5.47. The first-order valence-electron chi connectivity index (χ1n) is 9.31. The molecule has 3 heterocycles. The number of aromatic nitrogens is 5. The first kappa shape index (κ1) is 19.9. The SMILES string of the molecule is COc1c(Nc2nc(NC3C=CC=CN3)ncc2C(=O)O)cccc1-c1ncn(C)n1. The van der Waals surface area contributed by atoms with Gasteiger partial charge in [0.05, 0.1) is 18.4 Å². The van der Waals surface area contributed by atoms with E-state index in [9.17, 15) is 9.90 Å². The maximum absolute atomic E-state index is 11.7. The number of aromatic carboxylic acids is 1. The monoisotopic (exact) mass is 420 g/mol. The highest BCUT2D eigenvalue weighted by Crippen LogP contribution is 2.36. The lowest BCUT2D eigenvalue weighted by Gasteiger charge is -2.19. The number of dihydropyridines is 1. The Balaban J connectivity index is 1.69. The molecule has 158 valence electrons. The van der Waals surface area contributed by atoms with Gasteiger partial charge in [-0.05, 0) is 30.5 Å². The van der Waals surface area contributed by atoms with Crippen LogP contribution in [0.1, 0.15) is 10.4 Å². The van der Waals surface area contributed by atoms with Crippen LogP contribution in [-0.4, -0.2) is 49.1 Å². The number of anilines is 3. The molecule has 1 unspecified atom stereocenters. The average molecular weight is 420 g/mol. The molecule has 0 amide bonds. The summed E-state index contributed by atoms with van der Waals surface area (Å²) in [7, 11) is 3.29. The molecule has 0 aliphatic carbocycles. The van der Waals surface area contributed by atoms with Crippen molar-refractivity contribution in [1.29, 1.82) is 0 Å². The van der Waals surface area contributed by atoms with E-state index in [0.717, 1.165) is 0 Å². The number of benzene rings is 1. The number of para-hydroxylation sites is 1. The highest BCUT2D eigenvalue weighted by atomic mass is 16.5. The number of carboxylic acids is 1. The predicted octanol–water partition coefficient (Wildman–Crippen LogP) is 2.13. The number of carboxylic acid groups (broad SMARTS) is 1. The molecule has 1 aromatic carbocycles. The number of aryl methyl sites for hydroxylation is 1. The quantitative estimate of drug-likeness (QED) is 0.449. The molecule has 1 atom stereocenters. The fourth-order valence-electron chi connectivity index (χ4n) is 3.00. The van der Waals surface area contributed by atoms with E-state index >= 15 is 0 Å². The van der Waals surface area contributed by atoms with E-state index in [0.29, 0.717) is 22.8 Å². The molecule has 3 aromatic rings. The summed E-state index contributed by atoms with van der Waals surface area (Å²) < 4.78 is 7.17. The number of nitrogens with zero attached hydrogens (tertiary/aromatic N) is 5. The Labute approximate surface area is 177 Å². The average Bonchev–Trinajstić information content (AvgIpc) is 3.20. The number of rotatable bonds is 7. The van der Waals surface area contributed by atoms with Crippen LogP contribution in [-0.2, 0) is 7.05 Å². The molecule has 31 heavy (non-hydrogen) atoms. The number of allylic oxidation sites excluding steroid dienone is 2. The smallest absolute Gasteiger partial charge is 0.341 e. The minimum atomic E-state index is -1.16. The Morgan fingerprint density at radius 2 is 2.16 bits per heavy atom. The second kappa shape index (κ2) is 8.53. The maximum Gasteiger partial charge on any atom is 0.341 e. The Hall–Kier alpha value is -4.41. The van der Waals surface area contributed by atoms with Crippen LogP contribution in [0.5, 0.6) is 5.75 Å². The number of hydrogen-bond donors (Lipinski definition) is 4. The molecule has 1 aliphatic rings. The minimum absolute atomic E-state index is 0.0824. The molecule has 0 saturated carbocycles. The summed E-state index contributed by atoms with van der Waals surface area (Å²) in [5.74, 6) is 0.153. The van der Waals surface area contributed by atoms with Crippen molar-refractivity contribution in [2.45, 2.75) is 6.17 Å². The molecule has 2 aromatic heterocycles. The largest absolute Gasteiger partial charge is 0.494 e. The van der Waals surface area contributed by atoms with Crippen LogP contribution in [0.25, 0.3) is 11.4 Å². The van der Waals surface area contributed by atoms with Crippen molar-refractivity contribution in [2.75, 3.05) is 17.7 Å². The molecule has 0 fully saturated rings. The summed E-state index contributed by atoms with van der Waals surface area (Å²) in [5, 5.41) is 23.1. The molecule has 4 N–H and O–H groups in total. The molecule has 0 saturated heterocycles. The van der Waals surface area contributed by atoms with Gasteiger partial charge in [-0.25, -0.2) is 14.8 Å². The van der Waals surface area contributed by atoms with Crippen molar-refractivity contribution in [2.24, 2.45) is 7.05 Å². The molecule has 4 rings (SSSR count). The highest BCUT2D eigenvalue weighted by molar-refractivity contribution is 5.94. The van der Waals surface area contributed by atoms with Crippen LogP contribution < -0.4 is 20.7 Å². The normalized spacial score (nSPS) is 14.7. The fourth-order valence-corrected chi connectivity index (χ4v) is 3.00. The van der Waals surface area contributed by atoms with E-state index < -0.39 is 5.97 Å². The number of hydrogen-bond acceptors (Lipinski definition) is 9. The van der Waals surface area contributed by atoms with Crippen LogP contribution >= 0.6 is 0 Å². The molecule has 11 nitrogen and oxygen atoms in total. The molecule has 0 bridgehead atoms. The maximum atomic E-state index is 11.7. The van der Waals surface area contributed by atoms with Crippen LogP contribution in [0, 0.1) is 0 Å². The van der Waals surface area contributed by atoms with E-state index in [2.05, 4.69) is 36.0 Å². The second-order valence-electron chi connectivity index (χ2n) is 6.55. The van der Waals surface area contributed by atoms with E-state index in [1.807, 2.05) is 24.3 Å². The van der Waals surface area contributed by atoms with Gasteiger partial charge in [-0.15, -0.1) is 0 Å². The Bertz CT molecular complexity index is 1170. The van der Waals surface area contributed by atoms with Crippen LogP contribution in [0.15, 0.2) is 55.2 Å². The standard InChI is InChI=1S/C20H20N8O3/c1-28-11-23-17(27-28)12-6-5-7-14(16(12)31-2)24-18-13(19(29)30)10-22-20(26-18)25-15-8-3-4-9-21-15/h3-11,15,21H,1-2H3,(H,29,30)(H2,22,24,25,26). The summed E-state index contributed by atoms with van der Waals surface area (Å²) in [6.07, 6.45) is 10.0. The number of ether oxygens (including phenoxy) is 1. The van der Waals surface area contributed by atoms with Crippen molar-refractivity contribution in [3.05, 3.63) is 60.7 Å². The summed E-state index contributed by atoms with van der Waals surface area (Å²) in [6, 6.07) is 5.36. The highest BCUT2D eigenvalue weighted by Gasteiger charge is 2.19. The van der Waals surface area contributed by atoms with E-state index in [1.165, 1.54) is 13.3 Å². The molecular formula is C20H20N8O3. The van der Waals surface area contributed by atoms with Gasteiger partial charge >= 0.3 is 5.97 Å². The molecule has 0 spiro atoms. The Morgan fingerprint density at radius 1 is 1.29 bits per heavy atom. The molecular weight excluding hydrogens is 400 g/mol. The van der Waals surface area contributed by atoms with Gasteiger partial charge in [0.1, 0.15) is 18.1 Å². The van der Waals surface area contributed by atoms with Gasteiger partial charge in [0, 0.05) is 13.2 Å². The van der Waals surface area contributed by atoms with Gasteiger partial charge in [-0.1, -0.05) is 12.1 Å². The van der Waals surface area contributed by atoms with Crippen LogP contribution in [0.4, 0.5) is 17.5 Å². The molecule has 11 heteroatoms. The minimum Gasteiger partial charge on any atom is -0.494 e. The summed E-state index contributed by atoms with van der Waals surface area (Å²) in [4.78, 5) is 24.5. The van der Waals surface area contributed by atoms with Crippen molar-refractivity contribution in [1.82, 2.24) is 30.0 Å².